The second-order valence-corrected chi connectivity index (χ2v) is 4.88. The van der Waals surface area contributed by atoms with Gasteiger partial charge >= 0.3 is 0 Å². The molecular formula is C15H10BrFO3. The number of rotatable bonds is 5. The van der Waals surface area contributed by atoms with Crippen LogP contribution >= 0.6 is 15.9 Å². The highest BCUT2D eigenvalue weighted by molar-refractivity contribution is 9.10. The first-order valence-corrected chi connectivity index (χ1v) is 6.56. The van der Waals surface area contributed by atoms with E-state index in [0.717, 1.165) is 12.1 Å². The maximum atomic E-state index is 13.2. The molecule has 0 N–H and O–H groups in total. The summed E-state index contributed by atoms with van der Waals surface area (Å²) >= 11 is 3.27. The maximum Gasteiger partial charge on any atom is 0.201 e. The van der Waals surface area contributed by atoms with Crippen LogP contribution in [0.2, 0.25) is 0 Å². The van der Waals surface area contributed by atoms with Gasteiger partial charge in [0.1, 0.15) is 17.9 Å². The van der Waals surface area contributed by atoms with E-state index < -0.39 is 5.82 Å². The van der Waals surface area contributed by atoms with Crippen molar-refractivity contribution in [3.8, 4) is 5.75 Å². The molecule has 2 aromatic carbocycles. The zero-order chi connectivity index (χ0) is 14.5. The molecule has 0 aliphatic carbocycles. The van der Waals surface area contributed by atoms with E-state index in [0.29, 0.717) is 16.3 Å². The van der Waals surface area contributed by atoms with Crippen LogP contribution in [-0.2, 0) is 0 Å². The van der Waals surface area contributed by atoms with Crippen molar-refractivity contribution in [2.24, 2.45) is 0 Å². The van der Waals surface area contributed by atoms with E-state index in [9.17, 15) is 14.0 Å². The molecule has 3 nitrogen and oxygen atoms in total. The van der Waals surface area contributed by atoms with E-state index in [4.69, 9.17) is 4.74 Å². The zero-order valence-corrected chi connectivity index (χ0v) is 11.9. The molecule has 0 fully saturated rings. The van der Waals surface area contributed by atoms with Crippen molar-refractivity contribution in [1.82, 2.24) is 0 Å². The monoisotopic (exact) mass is 336 g/mol. The van der Waals surface area contributed by atoms with Crippen LogP contribution in [0.1, 0.15) is 20.7 Å². The highest BCUT2D eigenvalue weighted by atomic mass is 79.9. The molecule has 5 heteroatoms. The largest absolute Gasteiger partial charge is 0.485 e. The van der Waals surface area contributed by atoms with E-state index in [2.05, 4.69) is 15.9 Å². The number of hydrogen-bond acceptors (Lipinski definition) is 3. The Kier molecular flexibility index (Phi) is 4.63. The fraction of sp³-hybridized carbons (Fsp3) is 0.0667. The summed E-state index contributed by atoms with van der Waals surface area (Å²) in [4.78, 5) is 22.6. The van der Waals surface area contributed by atoms with Crippen molar-refractivity contribution < 1.29 is 18.7 Å². The van der Waals surface area contributed by atoms with Gasteiger partial charge in [0.05, 0.1) is 0 Å². The highest BCUT2D eigenvalue weighted by Crippen LogP contribution is 2.18. The Morgan fingerprint density at radius 3 is 2.70 bits per heavy atom. The molecule has 0 bridgehead atoms. The minimum atomic E-state index is -0.585. The number of ether oxygens (including phenoxy) is 1. The second kappa shape index (κ2) is 6.43. The van der Waals surface area contributed by atoms with Crippen LogP contribution in [0.15, 0.2) is 46.9 Å². The van der Waals surface area contributed by atoms with E-state index in [1.807, 2.05) is 0 Å². The maximum absolute atomic E-state index is 13.2. The molecule has 0 saturated heterocycles. The zero-order valence-electron chi connectivity index (χ0n) is 10.3. The van der Waals surface area contributed by atoms with Crippen molar-refractivity contribution in [3.05, 3.63) is 63.9 Å². The molecule has 2 rings (SSSR count). The molecule has 20 heavy (non-hydrogen) atoms. The SMILES string of the molecule is O=Cc1cc(F)cc(OCC(=O)c2ccccc2Br)c1. The van der Waals surface area contributed by atoms with Crippen LogP contribution in [-0.4, -0.2) is 18.7 Å². The number of carbonyl (C=O) groups is 2. The molecule has 0 unspecified atom stereocenters. The van der Waals surface area contributed by atoms with Crippen molar-refractivity contribution >= 4 is 28.0 Å². The van der Waals surface area contributed by atoms with Gasteiger partial charge in [0, 0.05) is 21.7 Å². The normalized spacial score (nSPS) is 10.1. The predicted octanol–water partition coefficient (Wildman–Crippen LogP) is 3.66. The van der Waals surface area contributed by atoms with Crippen molar-refractivity contribution in [3.63, 3.8) is 0 Å². The topological polar surface area (TPSA) is 43.4 Å². The lowest BCUT2D eigenvalue weighted by Crippen LogP contribution is -2.12. The van der Waals surface area contributed by atoms with E-state index in [1.54, 1.807) is 24.3 Å². The van der Waals surface area contributed by atoms with Gasteiger partial charge < -0.3 is 4.74 Å². The van der Waals surface area contributed by atoms with Gasteiger partial charge in [-0.25, -0.2) is 4.39 Å². The van der Waals surface area contributed by atoms with Gasteiger partial charge in [0.25, 0.3) is 0 Å². The first-order chi connectivity index (χ1) is 9.60. The van der Waals surface area contributed by atoms with Crippen LogP contribution in [0.25, 0.3) is 0 Å². The number of Topliss-reactive ketones (excluding diaryl/α,β-unsaturated/α-hetero) is 1. The van der Waals surface area contributed by atoms with Gasteiger partial charge in [0.15, 0.2) is 6.61 Å². The average Bonchev–Trinajstić information content (AvgIpc) is 2.44. The summed E-state index contributed by atoms with van der Waals surface area (Å²) in [6, 6.07) is 10.5. The molecular weight excluding hydrogens is 327 g/mol. The third-order valence-electron chi connectivity index (χ3n) is 2.57. The predicted molar refractivity (Wildman–Crippen MR) is 75.8 cm³/mol. The Morgan fingerprint density at radius 2 is 2.00 bits per heavy atom. The number of aldehydes is 1. The van der Waals surface area contributed by atoms with E-state index in [1.165, 1.54) is 6.07 Å². The standard InChI is InChI=1S/C15H10BrFO3/c16-14-4-2-1-3-13(14)15(19)9-20-12-6-10(8-18)5-11(17)7-12/h1-8H,9H2. The average molecular weight is 337 g/mol. The smallest absolute Gasteiger partial charge is 0.201 e. The Morgan fingerprint density at radius 1 is 1.25 bits per heavy atom. The molecule has 102 valence electrons. The quantitative estimate of drug-likeness (QED) is 0.618. The van der Waals surface area contributed by atoms with Crippen molar-refractivity contribution in [1.29, 1.82) is 0 Å². The Bertz CT molecular complexity index is 655. The molecule has 2 aromatic rings. The fourth-order valence-electron chi connectivity index (χ4n) is 1.65. The molecule has 0 aromatic heterocycles. The van der Waals surface area contributed by atoms with Gasteiger partial charge in [-0.05, 0) is 18.2 Å². The second-order valence-electron chi connectivity index (χ2n) is 4.03. The van der Waals surface area contributed by atoms with Crippen LogP contribution in [0.5, 0.6) is 5.75 Å². The van der Waals surface area contributed by atoms with E-state index >= 15 is 0 Å². The fourth-order valence-corrected chi connectivity index (χ4v) is 2.16. The molecule has 0 radical (unpaired) electrons. The first-order valence-electron chi connectivity index (χ1n) is 5.76. The Hall–Kier alpha value is -2.01. The van der Waals surface area contributed by atoms with Crippen LogP contribution < -0.4 is 4.74 Å². The molecule has 0 amide bonds. The number of benzene rings is 2. The minimum absolute atomic E-state index is 0.146. The molecule has 0 aliphatic rings. The molecule has 0 atom stereocenters. The summed E-state index contributed by atoms with van der Waals surface area (Å²) in [7, 11) is 0. The van der Waals surface area contributed by atoms with Gasteiger partial charge in [-0.1, -0.05) is 34.1 Å². The van der Waals surface area contributed by atoms with Gasteiger partial charge in [-0.3, -0.25) is 9.59 Å². The lowest BCUT2D eigenvalue weighted by atomic mass is 10.1. The third-order valence-corrected chi connectivity index (χ3v) is 3.27. The molecule has 0 aliphatic heterocycles. The Labute approximate surface area is 123 Å². The first kappa shape index (κ1) is 14.4. The lowest BCUT2D eigenvalue weighted by Gasteiger charge is -2.07. The number of carbonyl (C=O) groups excluding carboxylic acids is 2. The summed E-state index contributed by atoms with van der Waals surface area (Å²) in [6.45, 7) is -0.232. The van der Waals surface area contributed by atoms with Gasteiger partial charge in [-0.15, -0.1) is 0 Å². The summed E-state index contributed by atoms with van der Waals surface area (Å²) in [5.74, 6) is -0.681. The summed E-state index contributed by atoms with van der Waals surface area (Å²) in [6.07, 6.45) is 0.519. The number of hydrogen-bond donors (Lipinski definition) is 0. The molecule has 0 saturated carbocycles. The van der Waals surface area contributed by atoms with Crippen LogP contribution in [0, 0.1) is 5.82 Å². The summed E-state index contributed by atoms with van der Waals surface area (Å²) < 4.78 is 19.1. The minimum Gasteiger partial charge on any atom is -0.485 e. The van der Waals surface area contributed by atoms with Crippen LogP contribution in [0.4, 0.5) is 4.39 Å². The summed E-state index contributed by atoms with van der Waals surface area (Å²) in [5, 5.41) is 0. The molecule has 0 spiro atoms. The van der Waals surface area contributed by atoms with Crippen LogP contribution in [0.3, 0.4) is 0 Å². The van der Waals surface area contributed by atoms with Gasteiger partial charge in [0.2, 0.25) is 5.78 Å². The van der Waals surface area contributed by atoms with Gasteiger partial charge in [-0.2, -0.15) is 0 Å². The number of ketones is 1. The Balaban J connectivity index is 2.09. The van der Waals surface area contributed by atoms with Crippen molar-refractivity contribution in [2.75, 3.05) is 6.61 Å². The summed E-state index contributed by atoms with van der Waals surface area (Å²) in [5.41, 5.74) is 0.646. The van der Waals surface area contributed by atoms with E-state index in [-0.39, 0.29) is 23.7 Å². The lowest BCUT2D eigenvalue weighted by molar-refractivity contribution is 0.0920. The number of halogens is 2. The molecule has 0 heterocycles. The third kappa shape index (κ3) is 3.51. The van der Waals surface area contributed by atoms with Crippen molar-refractivity contribution in [2.45, 2.75) is 0 Å². The highest BCUT2D eigenvalue weighted by Gasteiger charge is 2.10.